The minimum Gasteiger partial charge on any atom is -0.478 e. The number of carboxylic acid groups (broad SMARTS) is 2. The molecule has 0 aliphatic carbocycles. The Bertz CT molecular complexity index is 373. The predicted molar refractivity (Wildman–Crippen MR) is 73.1 cm³/mol. The van der Waals surface area contributed by atoms with Gasteiger partial charge < -0.3 is 19.7 Å². The molecule has 0 aliphatic rings. The summed E-state index contributed by atoms with van der Waals surface area (Å²) in [6.45, 7) is 7.25. The highest BCUT2D eigenvalue weighted by Crippen LogP contribution is 2.03. The van der Waals surface area contributed by atoms with Crippen molar-refractivity contribution < 1.29 is 29.3 Å². The lowest BCUT2D eigenvalue weighted by molar-refractivity contribution is -0.123. The minimum atomic E-state index is -1.06. The van der Waals surface area contributed by atoms with Gasteiger partial charge >= 0.3 is 11.9 Å². The summed E-state index contributed by atoms with van der Waals surface area (Å²) in [6, 6.07) is 5.02. The topological polar surface area (TPSA) is 93.1 Å². The average molecular weight is 284 g/mol. The third-order valence-electron chi connectivity index (χ3n) is 2.18. The first-order valence-electron chi connectivity index (χ1n) is 6.22. The second-order valence-electron chi connectivity index (χ2n) is 3.67. The lowest BCUT2D eigenvalue weighted by Crippen LogP contribution is -2.11. The molecule has 6 nitrogen and oxygen atoms in total. The third-order valence-corrected chi connectivity index (χ3v) is 2.18. The van der Waals surface area contributed by atoms with Gasteiger partial charge in [-0.15, -0.1) is 0 Å². The molecule has 0 heterocycles. The number of ether oxygens (including phenoxy) is 2. The second-order valence-corrected chi connectivity index (χ2v) is 3.67. The fourth-order valence-electron chi connectivity index (χ4n) is 1.27. The normalized spacial score (nSPS) is 9.80. The van der Waals surface area contributed by atoms with Crippen LogP contribution in [-0.2, 0) is 9.47 Å². The number of carboxylic acids is 2. The molecule has 0 spiro atoms. The highest BCUT2D eigenvalue weighted by atomic mass is 16.7. The fraction of sp³-hybridized carbons (Fsp3) is 0.429. The van der Waals surface area contributed by atoms with Gasteiger partial charge in [0.05, 0.1) is 11.1 Å². The maximum Gasteiger partial charge on any atom is 0.335 e. The van der Waals surface area contributed by atoms with E-state index in [1.807, 2.05) is 20.8 Å². The van der Waals surface area contributed by atoms with E-state index in [-0.39, 0.29) is 17.4 Å². The van der Waals surface area contributed by atoms with Crippen molar-refractivity contribution in [2.45, 2.75) is 27.1 Å². The zero-order valence-corrected chi connectivity index (χ0v) is 11.8. The van der Waals surface area contributed by atoms with E-state index in [1.54, 1.807) is 0 Å². The van der Waals surface area contributed by atoms with E-state index in [0.29, 0.717) is 0 Å². The van der Waals surface area contributed by atoms with Gasteiger partial charge in [-0.25, -0.2) is 9.59 Å². The molecule has 112 valence electrons. The zero-order valence-electron chi connectivity index (χ0n) is 11.8. The summed E-state index contributed by atoms with van der Waals surface area (Å²) in [7, 11) is 0. The van der Waals surface area contributed by atoms with Crippen molar-refractivity contribution >= 4 is 11.9 Å². The van der Waals surface area contributed by atoms with Crippen LogP contribution in [-0.4, -0.2) is 41.7 Å². The molecule has 1 aromatic rings. The van der Waals surface area contributed by atoms with Crippen LogP contribution in [0, 0.1) is 0 Å². The molecule has 1 aromatic carbocycles. The summed E-state index contributed by atoms with van der Waals surface area (Å²) >= 11 is 0. The lowest BCUT2D eigenvalue weighted by atomic mass is 10.1. The van der Waals surface area contributed by atoms with Gasteiger partial charge in [-0.2, -0.15) is 0 Å². The summed E-state index contributed by atoms with van der Waals surface area (Å²) in [5, 5.41) is 16.9. The number of aromatic carboxylic acids is 2. The zero-order chi connectivity index (χ0) is 15.5. The van der Waals surface area contributed by atoms with Gasteiger partial charge in [-0.05, 0) is 45.0 Å². The maximum atomic E-state index is 10.3. The minimum absolute atomic E-state index is 0.0370. The summed E-state index contributed by atoms with van der Waals surface area (Å²) < 4.78 is 10.1. The number of benzene rings is 1. The van der Waals surface area contributed by atoms with Gasteiger partial charge in [-0.1, -0.05) is 0 Å². The first-order valence-corrected chi connectivity index (χ1v) is 6.22. The van der Waals surface area contributed by atoms with Gasteiger partial charge in [0, 0.05) is 13.2 Å². The van der Waals surface area contributed by atoms with Crippen molar-refractivity contribution in [3.63, 3.8) is 0 Å². The van der Waals surface area contributed by atoms with Crippen molar-refractivity contribution in [3.05, 3.63) is 35.4 Å². The van der Waals surface area contributed by atoms with Crippen molar-refractivity contribution in [3.8, 4) is 0 Å². The number of carbonyl (C=O) groups is 2. The van der Waals surface area contributed by atoms with Crippen LogP contribution in [0.5, 0.6) is 0 Å². The van der Waals surface area contributed by atoms with Crippen LogP contribution in [0.25, 0.3) is 0 Å². The standard InChI is InChI=1S/C8H6O4.C6H14O2/c9-7(10)5-1-2-6(4-3-5)8(11)12;1-4-7-6(3)8-5-2/h1-4H,(H,9,10)(H,11,12);6H,4-5H2,1-3H3. The van der Waals surface area contributed by atoms with E-state index >= 15 is 0 Å². The van der Waals surface area contributed by atoms with Crippen LogP contribution >= 0.6 is 0 Å². The number of rotatable bonds is 6. The Balaban J connectivity index is 0.000000396. The van der Waals surface area contributed by atoms with E-state index in [1.165, 1.54) is 24.3 Å². The molecule has 0 bridgehead atoms. The Kier molecular flexibility index (Phi) is 8.98. The van der Waals surface area contributed by atoms with Crippen LogP contribution in [0.1, 0.15) is 41.5 Å². The molecule has 20 heavy (non-hydrogen) atoms. The van der Waals surface area contributed by atoms with Crippen molar-refractivity contribution in [2.75, 3.05) is 13.2 Å². The van der Waals surface area contributed by atoms with E-state index in [2.05, 4.69) is 0 Å². The van der Waals surface area contributed by atoms with E-state index in [9.17, 15) is 9.59 Å². The van der Waals surface area contributed by atoms with Gasteiger partial charge in [0.25, 0.3) is 0 Å². The van der Waals surface area contributed by atoms with Gasteiger partial charge in [0.1, 0.15) is 0 Å². The van der Waals surface area contributed by atoms with Gasteiger partial charge in [0.2, 0.25) is 0 Å². The molecule has 0 radical (unpaired) electrons. The first kappa shape index (κ1) is 18.1. The molecule has 0 aromatic heterocycles. The molecule has 0 atom stereocenters. The van der Waals surface area contributed by atoms with Crippen LogP contribution in [0.15, 0.2) is 24.3 Å². The number of hydrogen-bond acceptors (Lipinski definition) is 4. The van der Waals surface area contributed by atoms with Crippen LogP contribution < -0.4 is 0 Å². The van der Waals surface area contributed by atoms with Crippen molar-refractivity contribution in [1.82, 2.24) is 0 Å². The Morgan fingerprint density at radius 1 is 0.950 bits per heavy atom. The summed E-state index contributed by atoms with van der Waals surface area (Å²) in [5.74, 6) is -2.13. The summed E-state index contributed by atoms with van der Waals surface area (Å²) in [5.41, 5.74) is 0.167. The molecule has 0 fully saturated rings. The van der Waals surface area contributed by atoms with Crippen LogP contribution in [0.2, 0.25) is 0 Å². The Hall–Kier alpha value is -1.92. The second kappa shape index (κ2) is 9.94. The Morgan fingerprint density at radius 2 is 1.25 bits per heavy atom. The molecule has 0 amide bonds. The van der Waals surface area contributed by atoms with Crippen molar-refractivity contribution in [2.24, 2.45) is 0 Å². The van der Waals surface area contributed by atoms with Gasteiger partial charge in [0.15, 0.2) is 6.29 Å². The third kappa shape index (κ3) is 7.50. The molecule has 0 saturated heterocycles. The maximum absolute atomic E-state index is 10.3. The van der Waals surface area contributed by atoms with Gasteiger partial charge in [-0.3, -0.25) is 0 Å². The molecular weight excluding hydrogens is 264 g/mol. The summed E-state index contributed by atoms with van der Waals surface area (Å²) in [4.78, 5) is 20.7. The molecule has 0 unspecified atom stereocenters. The monoisotopic (exact) mass is 284 g/mol. The quantitative estimate of drug-likeness (QED) is 0.779. The largest absolute Gasteiger partial charge is 0.478 e. The molecular formula is C14H20O6. The molecule has 2 N–H and O–H groups in total. The molecule has 0 aliphatic heterocycles. The van der Waals surface area contributed by atoms with E-state index in [0.717, 1.165) is 13.2 Å². The predicted octanol–water partition coefficient (Wildman–Crippen LogP) is 2.49. The van der Waals surface area contributed by atoms with Crippen molar-refractivity contribution in [1.29, 1.82) is 0 Å². The highest BCUT2D eigenvalue weighted by molar-refractivity contribution is 5.91. The molecule has 0 saturated carbocycles. The van der Waals surface area contributed by atoms with Crippen LogP contribution in [0.3, 0.4) is 0 Å². The average Bonchev–Trinajstić information content (AvgIpc) is 2.40. The summed E-state index contributed by atoms with van der Waals surface area (Å²) in [6.07, 6.45) is -0.0370. The Morgan fingerprint density at radius 3 is 1.45 bits per heavy atom. The smallest absolute Gasteiger partial charge is 0.335 e. The SMILES string of the molecule is CCOC(C)OCC.O=C(O)c1ccc(C(=O)O)cc1. The lowest BCUT2D eigenvalue weighted by Gasteiger charge is -2.09. The molecule has 6 heteroatoms. The van der Waals surface area contributed by atoms with E-state index < -0.39 is 11.9 Å². The molecule has 1 rings (SSSR count). The number of hydrogen-bond donors (Lipinski definition) is 2. The van der Waals surface area contributed by atoms with Crippen LogP contribution in [0.4, 0.5) is 0 Å². The first-order chi connectivity index (χ1) is 9.42. The Labute approximate surface area is 117 Å². The highest BCUT2D eigenvalue weighted by Gasteiger charge is 2.04. The van der Waals surface area contributed by atoms with E-state index in [4.69, 9.17) is 19.7 Å². The fourth-order valence-corrected chi connectivity index (χ4v) is 1.27.